The van der Waals surface area contributed by atoms with Gasteiger partial charge in [-0.3, -0.25) is 4.79 Å². The molecule has 2 aliphatic rings. The van der Waals surface area contributed by atoms with Crippen LogP contribution in [0.3, 0.4) is 0 Å². The lowest BCUT2D eigenvalue weighted by molar-refractivity contribution is -0.129. The molecule has 98 valence electrons. The minimum Gasteiger partial charge on any atom is -0.389 e. The van der Waals surface area contributed by atoms with Crippen molar-refractivity contribution < 1.29 is 9.90 Å². The number of ketones is 1. The van der Waals surface area contributed by atoms with E-state index in [-0.39, 0.29) is 11.3 Å². The number of rotatable bonds is 1. The predicted octanol–water partition coefficient (Wildman–Crippen LogP) is 3.18. The van der Waals surface area contributed by atoms with Gasteiger partial charge in [0.25, 0.3) is 0 Å². The number of Topliss-reactive ketones (excluding diaryl/α,β-unsaturated/α-hetero) is 1. The topological polar surface area (TPSA) is 37.3 Å². The van der Waals surface area contributed by atoms with Crippen molar-refractivity contribution in [1.82, 2.24) is 0 Å². The molecule has 0 aromatic carbocycles. The van der Waals surface area contributed by atoms with E-state index in [4.69, 9.17) is 0 Å². The summed E-state index contributed by atoms with van der Waals surface area (Å²) in [5.74, 6) is 1.36. The molecule has 17 heavy (non-hydrogen) atoms. The van der Waals surface area contributed by atoms with Crippen LogP contribution in [0.25, 0.3) is 0 Å². The minimum atomic E-state index is -0.610. The summed E-state index contributed by atoms with van der Waals surface area (Å²) in [4.78, 5) is 12.1. The fraction of sp³-hybridized carbons (Fsp3) is 0.933. The Bertz CT molecular complexity index is 323. The van der Waals surface area contributed by atoms with Crippen molar-refractivity contribution in [1.29, 1.82) is 0 Å². The van der Waals surface area contributed by atoms with Gasteiger partial charge in [-0.05, 0) is 37.5 Å². The summed E-state index contributed by atoms with van der Waals surface area (Å²) in [7, 11) is 0. The normalized spacial score (nSPS) is 47.1. The molecule has 0 bridgehead atoms. The van der Waals surface area contributed by atoms with Crippen LogP contribution in [0.5, 0.6) is 0 Å². The number of hydrogen-bond acceptors (Lipinski definition) is 2. The molecule has 0 heterocycles. The number of carbonyl (C=O) groups excluding carboxylic acids is 1. The lowest BCUT2D eigenvalue weighted by atomic mass is 9.67. The smallest absolute Gasteiger partial charge is 0.136 e. The number of hydrogen-bond donors (Lipinski definition) is 1. The molecule has 2 saturated carbocycles. The highest BCUT2D eigenvalue weighted by Gasteiger charge is 2.58. The second-order valence-corrected chi connectivity index (χ2v) is 6.96. The molecule has 0 aromatic rings. The zero-order chi connectivity index (χ0) is 12.8. The van der Waals surface area contributed by atoms with E-state index in [0.717, 1.165) is 25.7 Å². The average Bonchev–Trinajstić information content (AvgIpc) is 2.44. The number of fused-ring (bicyclic) bond motifs is 1. The molecule has 2 fully saturated rings. The monoisotopic (exact) mass is 238 g/mol. The van der Waals surface area contributed by atoms with Crippen LogP contribution in [0, 0.1) is 23.2 Å². The summed E-state index contributed by atoms with van der Waals surface area (Å²) in [5.41, 5.74) is -0.786. The molecule has 0 saturated heterocycles. The van der Waals surface area contributed by atoms with Gasteiger partial charge in [-0.15, -0.1) is 0 Å². The van der Waals surface area contributed by atoms with Crippen molar-refractivity contribution >= 4 is 5.78 Å². The molecule has 0 unspecified atom stereocenters. The lowest BCUT2D eigenvalue weighted by Crippen LogP contribution is -2.47. The van der Waals surface area contributed by atoms with Crippen LogP contribution in [0.15, 0.2) is 0 Å². The maximum absolute atomic E-state index is 12.1. The second-order valence-electron chi connectivity index (χ2n) is 6.96. The van der Waals surface area contributed by atoms with Gasteiger partial charge >= 0.3 is 0 Å². The first-order valence-electron chi connectivity index (χ1n) is 7.05. The molecule has 0 aromatic heterocycles. The van der Waals surface area contributed by atoms with Gasteiger partial charge in [0.1, 0.15) is 5.78 Å². The standard InChI is InChI=1S/C15H26O2/c1-10(2)12-6-7-14(4)9-13(16)11(3)5-8-15(12,14)17/h10-12,17H,5-9H2,1-4H3/t11-,12+,14+,15-/m0/s1. The van der Waals surface area contributed by atoms with Crippen molar-refractivity contribution in [3.05, 3.63) is 0 Å². The van der Waals surface area contributed by atoms with Crippen molar-refractivity contribution in [2.75, 3.05) is 0 Å². The zero-order valence-electron chi connectivity index (χ0n) is 11.6. The Morgan fingerprint density at radius 1 is 1.29 bits per heavy atom. The fourth-order valence-corrected chi connectivity index (χ4v) is 4.15. The Balaban J connectivity index is 2.34. The van der Waals surface area contributed by atoms with Crippen molar-refractivity contribution in [3.8, 4) is 0 Å². The Morgan fingerprint density at radius 3 is 2.53 bits per heavy atom. The van der Waals surface area contributed by atoms with Crippen LogP contribution >= 0.6 is 0 Å². The van der Waals surface area contributed by atoms with Crippen molar-refractivity contribution in [2.24, 2.45) is 23.2 Å². The molecule has 0 amide bonds. The van der Waals surface area contributed by atoms with Crippen LogP contribution in [0.4, 0.5) is 0 Å². The first-order valence-corrected chi connectivity index (χ1v) is 7.05. The maximum Gasteiger partial charge on any atom is 0.136 e. The van der Waals surface area contributed by atoms with E-state index in [0.29, 0.717) is 24.0 Å². The van der Waals surface area contributed by atoms with Gasteiger partial charge < -0.3 is 5.11 Å². The van der Waals surface area contributed by atoms with Crippen LogP contribution in [-0.4, -0.2) is 16.5 Å². The lowest BCUT2D eigenvalue weighted by Gasteiger charge is -2.43. The first-order chi connectivity index (χ1) is 7.80. The highest BCUT2D eigenvalue weighted by atomic mass is 16.3. The van der Waals surface area contributed by atoms with E-state index < -0.39 is 5.60 Å². The molecule has 0 radical (unpaired) electrons. The predicted molar refractivity (Wildman–Crippen MR) is 68.6 cm³/mol. The van der Waals surface area contributed by atoms with E-state index in [1.807, 2.05) is 6.92 Å². The number of aliphatic hydroxyl groups is 1. The van der Waals surface area contributed by atoms with Gasteiger partial charge in [-0.25, -0.2) is 0 Å². The third-order valence-corrected chi connectivity index (χ3v) is 5.54. The molecule has 0 spiro atoms. The molecular formula is C15H26O2. The maximum atomic E-state index is 12.1. The van der Waals surface area contributed by atoms with Crippen LogP contribution < -0.4 is 0 Å². The van der Waals surface area contributed by atoms with Crippen molar-refractivity contribution in [3.63, 3.8) is 0 Å². The molecule has 4 atom stereocenters. The van der Waals surface area contributed by atoms with Crippen LogP contribution in [0.2, 0.25) is 0 Å². The SMILES string of the molecule is CC(C)[C@H]1CC[C@]2(C)CC(=O)[C@@H](C)CC[C@]12O. The van der Waals surface area contributed by atoms with E-state index in [1.165, 1.54) is 0 Å². The average molecular weight is 238 g/mol. The van der Waals surface area contributed by atoms with E-state index in [2.05, 4.69) is 20.8 Å². The third kappa shape index (κ3) is 1.85. The molecule has 2 nitrogen and oxygen atoms in total. The van der Waals surface area contributed by atoms with Gasteiger partial charge in [0, 0.05) is 17.8 Å². The summed E-state index contributed by atoms with van der Waals surface area (Å²) in [6.45, 7) is 8.54. The Kier molecular flexibility index (Phi) is 3.14. The van der Waals surface area contributed by atoms with E-state index in [9.17, 15) is 9.90 Å². The molecule has 0 aliphatic heterocycles. The zero-order valence-corrected chi connectivity index (χ0v) is 11.6. The molecule has 1 N–H and O–H groups in total. The van der Waals surface area contributed by atoms with Crippen LogP contribution in [0.1, 0.15) is 59.8 Å². The van der Waals surface area contributed by atoms with E-state index >= 15 is 0 Å². The summed E-state index contributed by atoms with van der Waals surface area (Å²) < 4.78 is 0. The highest BCUT2D eigenvalue weighted by molar-refractivity contribution is 5.82. The summed E-state index contributed by atoms with van der Waals surface area (Å²) >= 11 is 0. The first kappa shape index (κ1) is 13.1. The molecule has 2 heteroatoms. The van der Waals surface area contributed by atoms with Gasteiger partial charge in [-0.1, -0.05) is 27.7 Å². The Hall–Kier alpha value is -0.370. The summed E-state index contributed by atoms with van der Waals surface area (Å²) in [5, 5.41) is 11.2. The quantitative estimate of drug-likeness (QED) is 0.762. The van der Waals surface area contributed by atoms with Gasteiger partial charge in [0.05, 0.1) is 5.60 Å². The van der Waals surface area contributed by atoms with Crippen LogP contribution in [-0.2, 0) is 4.79 Å². The van der Waals surface area contributed by atoms with Gasteiger partial charge in [-0.2, -0.15) is 0 Å². The highest BCUT2D eigenvalue weighted by Crippen LogP contribution is 2.58. The Labute approximate surface area is 105 Å². The minimum absolute atomic E-state index is 0.134. The molecule has 2 rings (SSSR count). The van der Waals surface area contributed by atoms with Crippen molar-refractivity contribution in [2.45, 2.75) is 65.4 Å². The Morgan fingerprint density at radius 2 is 1.94 bits per heavy atom. The van der Waals surface area contributed by atoms with Gasteiger partial charge in [0.15, 0.2) is 0 Å². The number of carbonyl (C=O) groups is 1. The molecule has 2 aliphatic carbocycles. The second kappa shape index (κ2) is 4.08. The summed E-state index contributed by atoms with van der Waals surface area (Å²) in [6, 6.07) is 0. The third-order valence-electron chi connectivity index (χ3n) is 5.54. The fourth-order valence-electron chi connectivity index (χ4n) is 4.15. The van der Waals surface area contributed by atoms with Gasteiger partial charge in [0.2, 0.25) is 0 Å². The van der Waals surface area contributed by atoms with E-state index in [1.54, 1.807) is 0 Å². The molecular weight excluding hydrogens is 212 g/mol. The summed E-state index contributed by atoms with van der Waals surface area (Å²) in [6.07, 6.45) is 4.32. The largest absolute Gasteiger partial charge is 0.389 e.